The van der Waals surface area contributed by atoms with E-state index in [1.165, 1.54) is 22.6 Å². The van der Waals surface area contributed by atoms with Crippen molar-refractivity contribution in [1.29, 1.82) is 0 Å². The Morgan fingerprint density at radius 3 is 2.63 bits per heavy atom. The maximum Gasteiger partial charge on any atom is 0.305 e. The highest BCUT2D eigenvalue weighted by atomic mass is 32.1. The van der Waals surface area contributed by atoms with Gasteiger partial charge in [-0.15, -0.1) is 0 Å². The molecule has 2 aromatic carbocycles. The lowest BCUT2D eigenvalue weighted by Gasteiger charge is -2.40. The molecule has 1 fully saturated rings. The number of nitrogens with zero attached hydrogens (tertiary/aromatic N) is 2. The van der Waals surface area contributed by atoms with Gasteiger partial charge in [0.15, 0.2) is 0 Å². The van der Waals surface area contributed by atoms with Crippen molar-refractivity contribution < 1.29 is 5.11 Å². The Morgan fingerprint density at radius 1 is 1.11 bits per heavy atom. The van der Waals surface area contributed by atoms with Gasteiger partial charge in [0.1, 0.15) is 0 Å². The summed E-state index contributed by atoms with van der Waals surface area (Å²) < 4.78 is 0.896. The van der Waals surface area contributed by atoms with Gasteiger partial charge in [-0.1, -0.05) is 29.5 Å². The van der Waals surface area contributed by atoms with Crippen LogP contribution >= 0.6 is 11.3 Å². The summed E-state index contributed by atoms with van der Waals surface area (Å²) in [5, 5.41) is 10.9. The number of anilines is 1. The van der Waals surface area contributed by atoms with Crippen molar-refractivity contribution in [3.63, 3.8) is 0 Å². The second-order valence-electron chi connectivity index (χ2n) is 7.32. The van der Waals surface area contributed by atoms with E-state index in [-0.39, 0.29) is 10.9 Å². The van der Waals surface area contributed by atoms with Crippen molar-refractivity contribution in [2.45, 2.75) is 26.0 Å². The molecule has 142 valence electrons. The lowest BCUT2D eigenvalue weighted by molar-refractivity contribution is 0.0547. The van der Waals surface area contributed by atoms with E-state index in [0.29, 0.717) is 0 Å². The van der Waals surface area contributed by atoms with Crippen LogP contribution in [0.4, 0.5) is 5.69 Å². The molecule has 2 heterocycles. The zero-order valence-corrected chi connectivity index (χ0v) is 16.5. The largest absolute Gasteiger partial charge is 0.387 e. The number of aromatic nitrogens is 1. The minimum absolute atomic E-state index is 0.0257. The smallest absolute Gasteiger partial charge is 0.305 e. The Hall–Kier alpha value is -2.15. The van der Waals surface area contributed by atoms with E-state index >= 15 is 0 Å². The quantitative estimate of drug-likeness (QED) is 0.727. The minimum Gasteiger partial charge on any atom is -0.387 e. The summed E-state index contributed by atoms with van der Waals surface area (Å²) in [7, 11) is 0. The molecule has 6 heteroatoms. The molecule has 5 nitrogen and oxygen atoms in total. The number of benzene rings is 2. The highest BCUT2D eigenvalue weighted by molar-refractivity contribution is 7.16. The first kappa shape index (κ1) is 18.2. The number of nitrogens with one attached hydrogen (secondary N) is 1. The molecule has 3 aromatic rings. The van der Waals surface area contributed by atoms with Crippen molar-refractivity contribution in [3.05, 3.63) is 63.3 Å². The first-order valence-electron chi connectivity index (χ1n) is 9.38. The molecule has 27 heavy (non-hydrogen) atoms. The number of aromatic amines is 1. The van der Waals surface area contributed by atoms with Crippen LogP contribution in [0.3, 0.4) is 0 Å². The molecule has 2 unspecified atom stereocenters. The number of aliphatic hydroxyl groups is 1. The van der Waals surface area contributed by atoms with Crippen molar-refractivity contribution >= 4 is 27.2 Å². The number of rotatable bonds is 4. The molecule has 2 N–H and O–H groups in total. The first-order chi connectivity index (χ1) is 13.0. The van der Waals surface area contributed by atoms with Crippen molar-refractivity contribution in [2.75, 3.05) is 31.1 Å². The molecular formula is C21H25N3O2S. The Bertz CT molecular complexity index is 988. The van der Waals surface area contributed by atoms with Crippen LogP contribution in [0.1, 0.15) is 24.2 Å². The molecule has 0 aliphatic carbocycles. The Kier molecular flexibility index (Phi) is 5.04. The van der Waals surface area contributed by atoms with Crippen LogP contribution in [0.25, 0.3) is 10.2 Å². The van der Waals surface area contributed by atoms with E-state index in [1.807, 2.05) is 18.2 Å². The minimum atomic E-state index is -0.572. The summed E-state index contributed by atoms with van der Waals surface area (Å²) in [6.45, 7) is 7.96. The fourth-order valence-electron chi connectivity index (χ4n) is 3.84. The van der Waals surface area contributed by atoms with Crippen molar-refractivity contribution in [1.82, 2.24) is 9.88 Å². The molecule has 1 saturated heterocycles. The lowest BCUT2D eigenvalue weighted by Crippen LogP contribution is -2.51. The van der Waals surface area contributed by atoms with E-state index in [0.717, 1.165) is 42.0 Å². The highest BCUT2D eigenvalue weighted by Crippen LogP contribution is 2.26. The molecule has 1 aromatic heterocycles. The average Bonchev–Trinajstić information content (AvgIpc) is 3.06. The number of hydrogen-bond acceptors (Lipinski definition) is 5. The Morgan fingerprint density at radius 2 is 1.89 bits per heavy atom. The molecule has 0 radical (unpaired) electrons. The van der Waals surface area contributed by atoms with Crippen LogP contribution < -0.4 is 9.77 Å². The standard InChI is InChI=1S/C21H25N3O2S/c1-14-4-3-5-17(12-14)24-10-8-23(9-11-24)15(2)20(25)16-6-7-18-19(13-16)27-21(26)22-18/h3-7,12-13,15,20,25H,8-11H2,1-2H3,(H,22,26). The number of aryl methyl sites for hydroxylation is 1. The number of hydrogen-bond donors (Lipinski definition) is 2. The van der Waals surface area contributed by atoms with Crippen LogP contribution in [0, 0.1) is 6.92 Å². The summed E-state index contributed by atoms with van der Waals surface area (Å²) in [4.78, 5) is 19.0. The molecule has 1 aliphatic heterocycles. The molecule has 0 saturated carbocycles. The molecule has 0 spiro atoms. The van der Waals surface area contributed by atoms with Gasteiger partial charge in [0.2, 0.25) is 0 Å². The topological polar surface area (TPSA) is 59.6 Å². The summed E-state index contributed by atoms with van der Waals surface area (Å²) >= 11 is 1.19. The predicted octanol–water partition coefficient (Wildman–Crippen LogP) is 3.14. The van der Waals surface area contributed by atoms with Crippen LogP contribution in [-0.4, -0.2) is 47.2 Å². The number of thiazole rings is 1. The normalized spacial score (nSPS) is 18.0. The van der Waals surface area contributed by atoms with Gasteiger partial charge in [0, 0.05) is 37.9 Å². The van der Waals surface area contributed by atoms with Gasteiger partial charge in [0.25, 0.3) is 0 Å². The van der Waals surface area contributed by atoms with Gasteiger partial charge < -0.3 is 15.0 Å². The third-order valence-corrected chi connectivity index (χ3v) is 6.35. The molecule has 2 atom stereocenters. The lowest BCUT2D eigenvalue weighted by atomic mass is 10.0. The maximum atomic E-state index is 11.5. The van der Waals surface area contributed by atoms with Gasteiger partial charge in [-0.2, -0.15) is 0 Å². The van der Waals surface area contributed by atoms with Crippen molar-refractivity contribution in [2.24, 2.45) is 0 Å². The van der Waals surface area contributed by atoms with E-state index in [4.69, 9.17) is 0 Å². The summed E-state index contributed by atoms with van der Waals surface area (Å²) in [5.74, 6) is 0. The van der Waals surface area contributed by atoms with Crippen LogP contribution in [0.15, 0.2) is 47.3 Å². The fraction of sp³-hybridized carbons (Fsp3) is 0.381. The number of aliphatic hydroxyl groups excluding tert-OH is 1. The zero-order chi connectivity index (χ0) is 19.0. The van der Waals surface area contributed by atoms with Crippen LogP contribution in [0.5, 0.6) is 0 Å². The zero-order valence-electron chi connectivity index (χ0n) is 15.7. The molecule has 0 amide bonds. The number of H-pyrrole nitrogens is 1. The van der Waals surface area contributed by atoms with E-state index in [1.54, 1.807) is 0 Å². The number of fused-ring (bicyclic) bond motifs is 1. The summed E-state index contributed by atoms with van der Waals surface area (Å²) in [5.41, 5.74) is 4.25. The van der Waals surface area contributed by atoms with Crippen LogP contribution in [0.2, 0.25) is 0 Å². The van der Waals surface area contributed by atoms with Gasteiger partial charge in [-0.3, -0.25) is 9.69 Å². The predicted molar refractivity (Wildman–Crippen MR) is 112 cm³/mol. The third kappa shape index (κ3) is 3.78. The Labute approximate surface area is 162 Å². The van der Waals surface area contributed by atoms with E-state index < -0.39 is 6.10 Å². The fourth-order valence-corrected chi connectivity index (χ4v) is 4.62. The van der Waals surface area contributed by atoms with Crippen LogP contribution in [-0.2, 0) is 0 Å². The molecular weight excluding hydrogens is 358 g/mol. The monoisotopic (exact) mass is 383 g/mol. The number of piperazine rings is 1. The third-order valence-electron chi connectivity index (χ3n) is 5.50. The Balaban J connectivity index is 1.43. The first-order valence-corrected chi connectivity index (χ1v) is 10.2. The van der Waals surface area contributed by atoms with Gasteiger partial charge >= 0.3 is 4.87 Å². The van der Waals surface area contributed by atoms with E-state index in [2.05, 4.69) is 52.9 Å². The molecule has 1 aliphatic rings. The van der Waals surface area contributed by atoms with E-state index in [9.17, 15) is 9.90 Å². The summed E-state index contributed by atoms with van der Waals surface area (Å²) in [6.07, 6.45) is -0.572. The van der Waals surface area contributed by atoms with Crippen molar-refractivity contribution in [3.8, 4) is 0 Å². The van der Waals surface area contributed by atoms with Gasteiger partial charge in [0.05, 0.1) is 16.3 Å². The van der Waals surface area contributed by atoms with Gasteiger partial charge in [-0.25, -0.2) is 0 Å². The molecule has 0 bridgehead atoms. The van der Waals surface area contributed by atoms with Gasteiger partial charge in [-0.05, 0) is 49.2 Å². The second kappa shape index (κ2) is 7.46. The average molecular weight is 384 g/mol. The summed E-state index contributed by atoms with van der Waals surface area (Å²) in [6, 6.07) is 14.4. The second-order valence-corrected chi connectivity index (χ2v) is 8.33. The maximum absolute atomic E-state index is 11.5. The SMILES string of the molecule is Cc1cccc(N2CCN(C(C)C(O)c3ccc4[nH]c(=O)sc4c3)CC2)c1. The molecule has 4 rings (SSSR count). The highest BCUT2D eigenvalue weighted by Gasteiger charge is 2.27.